The first kappa shape index (κ1) is 16.8. The maximum Gasteiger partial charge on any atom is 0.258 e. The lowest BCUT2D eigenvalue weighted by Crippen LogP contribution is -2.29. The van der Waals surface area contributed by atoms with Crippen LogP contribution in [0.4, 0.5) is 11.4 Å². The van der Waals surface area contributed by atoms with Crippen molar-refractivity contribution in [1.29, 1.82) is 0 Å². The largest absolute Gasteiger partial charge is 0.338 e. The molecule has 8 heteroatoms. The van der Waals surface area contributed by atoms with E-state index in [0.717, 1.165) is 15.4 Å². The first-order valence-electron chi connectivity index (χ1n) is 8.74. The van der Waals surface area contributed by atoms with Gasteiger partial charge in [0.05, 0.1) is 22.4 Å². The second kappa shape index (κ2) is 6.10. The number of nitrogens with one attached hydrogen (secondary N) is 1. The number of carbonyl (C=O) groups is 4. The van der Waals surface area contributed by atoms with Gasteiger partial charge in [0.1, 0.15) is 5.82 Å². The minimum atomic E-state index is -0.384. The summed E-state index contributed by atoms with van der Waals surface area (Å²) in [5, 5.41) is 0. The van der Waals surface area contributed by atoms with Crippen LogP contribution < -0.4 is 9.80 Å². The molecule has 1 N–H and O–H groups in total. The van der Waals surface area contributed by atoms with Crippen LogP contribution in [-0.2, 0) is 19.2 Å². The molecule has 29 heavy (non-hydrogen) atoms. The van der Waals surface area contributed by atoms with E-state index in [0.29, 0.717) is 28.2 Å². The van der Waals surface area contributed by atoms with Crippen molar-refractivity contribution in [2.45, 2.75) is 0 Å². The lowest BCUT2D eigenvalue weighted by molar-refractivity contribution is -0.121. The van der Waals surface area contributed by atoms with E-state index in [4.69, 9.17) is 0 Å². The minimum Gasteiger partial charge on any atom is -0.338 e. The summed E-state index contributed by atoms with van der Waals surface area (Å²) < 4.78 is 0. The molecule has 0 unspecified atom stereocenters. The van der Waals surface area contributed by atoms with Crippen LogP contribution in [0, 0.1) is 0 Å². The molecule has 0 atom stereocenters. The molecule has 5 rings (SSSR count). The average molecular weight is 384 g/mol. The molecule has 3 heterocycles. The van der Waals surface area contributed by atoms with Crippen molar-refractivity contribution in [2.24, 2.45) is 0 Å². The molecule has 0 radical (unpaired) electrons. The number of H-pyrrole nitrogens is 1. The molecular weight excluding hydrogens is 372 g/mol. The van der Waals surface area contributed by atoms with Gasteiger partial charge in [0, 0.05) is 29.9 Å². The molecule has 0 aliphatic carbocycles. The Hall–Kier alpha value is -4.33. The smallest absolute Gasteiger partial charge is 0.258 e. The molecule has 1 aromatic heterocycles. The molecule has 2 aromatic carbocycles. The van der Waals surface area contributed by atoms with Gasteiger partial charge in [-0.3, -0.25) is 19.2 Å². The van der Waals surface area contributed by atoms with E-state index >= 15 is 0 Å². The molecular formula is C21H12N4O4. The van der Waals surface area contributed by atoms with Gasteiger partial charge in [0.25, 0.3) is 23.6 Å². The number of carbonyl (C=O) groups excluding carboxylic acids is 4. The van der Waals surface area contributed by atoms with Crippen LogP contribution in [0.5, 0.6) is 0 Å². The zero-order valence-corrected chi connectivity index (χ0v) is 14.8. The Balaban J connectivity index is 1.46. The number of hydrogen-bond acceptors (Lipinski definition) is 5. The quantitative estimate of drug-likeness (QED) is 0.697. The number of imide groups is 2. The number of amides is 4. The van der Waals surface area contributed by atoms with Crippen LogP contribution in [0.3, 0.4) is 0 Å². The van der Waals surface area contributed by atoms with Gasteiger partial charge in [0.15, 0.2) is 0 Å². The lowest BCUT2D eigenvalue weighted by Gasteiger charge is -2.13. The summed E-state index contributed by atoms with van der Waals surface area (Å²) in [5.74, 6) is -0.938. The normalized spacial score (nSPS) is 16.1. The summed E-state index contributed by atoms with van der Waals surface area (Å²) in [5.41, 5.74) is 3.04. The van der Waals surface area contributed by atoms with Crippen molar-refractivity contribution in [3.63, 3.8) is 0 Å². The lowest BCUT2D eigenvalue weighted by atomic mass is 10.2. The average Bonchev–Trinajstić information content (AvgIpc) is 3.38. The summed E-state index contributed by atoms with van der Waals surface area (Å²) in [6, 6.07) is 11.9. The predicted octanol–water partition coefficient (Wildman–Crippen LogP) is 2.09. The van der Waals surface area contributed by atoms with Crippen molar-refractivity contribution in [3.8, 4) is 11.4 Å². The van der Waals surface area contributed by atoms with Crippen LogP contribution in [0.25, 0.3) is 22.4 Å². The van der Waals surface area contributed by atoms with Crippen LogP contribution in [0.15, 0.2) is 66.8 Å². The number of anilines is 2. The molecule has 0 bridgehead atoms. The summed E-state index contributed by atoms with van der Waals surface area (Å²) in [4.78, 5) is 57.2. The summed E-state index contributed by atoms with van der Waals surface area (Å²) >= 11 is 0. The first-order valence-corrected chi connectivity index (χ1v) is 8.74. The van der Waals surface area contributed by atoms with Crippen molar-refractivity contribution in [1.82, 2.24) is 9.97 Å². The van der Waals surface area contributed by atoms with E-state index in [-0.39, 0.29) is 23.6 Å². The molecule has 0 saturated carbocycles. The minimum absolute atomic E-state index is 0.375. The SMILES string of the molecule is O=C1C=CC(=O)N1c1ccc(-c2nc3ccc(N4C(=O)C=CC4=O)cc3[nH]2)cc1. The predicted molar refractivity (Wildman–Crippen MR) is 105 cm³/mol. The molecule has 3 aromatic rings. The molecule has 2 aliphatic rings. The Morgan fingerprint density at radius 1 is 0.655 bits per heavy atom. The second-order valence-corrected chi connectivity index (χ2v) is 6.52. The first-order chi connectivity index (χ1) is 14.0. The van der Waals surface area contributed by atoms with E-state index < -0.39 is 0 Å². The third kappa shape index (κ3) is 2.66. The van der Waals surface area contributed by atoms with Crippen LogP contribution >= 0.6 is 0 Å². The van der Waals surface area contributed by atoms with Gasteiger partial charge in [-0.15, -0.1) is 0 Å². The van der Waals surface area contributed by atoms with E-state index in [1.165, 1.54) is 24.3 Å². The number of rotatable bonds is 3. The highest BCUT2D eigenvalue weighted by Gasteiger charge is 2.26. The zero-order valence-electron chi connectivity index (χ0n) is 14.8. The number of aromatic amines is 1. The van der Waals surface area contributed by atoms with Gasteiger partial charge in [-0.2, -0.15) is 0 Å². The number of nitrogens with zero attached hydrogens (tertiary/aromatic N) is 3. The maximum absolute atomic E-state index is 11.9. The van der Waals surface area contributed by atoms with E-state index in [2.05, 4.69) is 9.97 Å². The van der Waals surface area contributed by atoms with Crippen LogP contribution in [-0.4, -0.2) is 33.6 Å². The van der Waals surface area contributed by atoms with Crippen molar-refractivity contribution in [2.75, 3.05) is 9.80 Å². The Bertz CT molecular complexity index is 1250. The van der Waals surface area contributed by atoms with Crippen molar-refractivity contribution >= 4 is 46.0 Å². The maximum atomic E-state index is 11.9. The Kier molecular flexibility index (Phi) is 3.53. The molecule has 8 nitrogen and oxygen atoms in total. The number of hydrogen-bond donors (Lipinski definition) is 1. The fourth-order valence-corrected chi connectivity index (χ4v) is 3.35. The summed E-state index contributed by atoms with van der Waals surface area (Å²) in [7, 11) is 0. The third-order valence-electron chi connectivity index (χ3n) is 4.74. The van der Waals surface area contributed by atoms with Gasteiger partial charge >= 0.3 is 0 Å². The molecule has 2 aliphatic heterocycles. The van der Waals surface area contributed by atoms with Gasteiger partial charge in [-0.1, -0.05) is 0 Å². The molecule has 140 valence electrons. The fraction of sp³-hybridized carbons (Fsp3) is 0. The van der Waals surface area contributed by atoms with Crippen molar-refractivity contribution in [3.05, 3.63) is 66.8 Å². The summed E-state index contributed by atoms with van der Waals surface area (Å²) in [6.07, 6.45) is 4.94. The topological polar surface area (TPSA) is 103 Å². The van der Waals surface area contributed by atoms with Gasteiger partial charge in [0.2, 0.25) is 0 Å². The van der Waals surface area contributed by atoms with Gasteiger partial charge in [-0.05, 0) is 42.5 Å². The Morgan fingerprint density at radius 3 is 1.76 bits per heavy atom. The van der Waals surface area contributed by atoms with Crippen LogP contribution in [0.1, 0.15) is 0 Å². The van der Waals surface area contributed by atoms with E-state index in [1.807, 2.05) is 0 Å². The monoisotopic (exact) mass is 384 g/mol. The third-order valence-corrected chi connectivity index (χ3v) is 4.74. The number of benzene rings is 2. The highest BCUT2D eigenvalue weighted by atomic mass is 16.2. The zero-order chi connectivity index (χ0) is 20.1. The summed E-state index contributed by atoms with van der Waals surface area (Å²) in [6.45, 7) is 0. The molecule has 4 amide bonds. The standard InChI is InChI=1S/C21H12N4O4/c26-17-7-8-18(27)24(17)13-3-1-12(2-4-13)21-22-15-6-5-14(11-16(15)23-21)25-19(28)9-10-20(25)29/h1-11H,(H,22,23). The Labute approximate surface area is 163 Å². The highest BCUT2D eigenvalue weighted by Crippen LogP contribution is 2.28. The second-order valence-electron chi connectivity index (χ2n) is 6.52. The van der Waals surface area contributed by atoms with E-state index in [1.54, 1.807) is 42.5 Å². The number of aromatic nitrogens is 2. The van der Waals surface area contributed by atoms with Gasteiger partial charge in [-0.25, -0.2) is 14.8 Å². The highest BCUT2D eigenvalue weighted by molar-refractivity contribution is 6.29. The number of fused-ring (bicyclic) bond motifs is 1. The number of imidazole rings is 1. The Morgan fingerprint density at radius 2 is 1.17 bits per heavy atom. The molecule has 0 spiro atoms. The fourth-order valence-electron chi connectivity index (χ4n) is 3.35. The molecule has 0 fully saturated rings. The van der Waals surface area contributed by atoms with Crippen molar-refractivity contribution < 1.29 is 19.2 Å². The van der Waals surface area contributed by atoms with Gasteiger partial charge < -0.3 is 4.98 Å². The molecule has 0 saturated heterocycles. The van der Waals surface area contributed by atoms with E-state index in [9.17, 15) is 19.2 Å². The van der Waals surface area contributed by atoms with Crippen LogP contribution in [0.2, 0.25) is 0 Å².